The van der Waals surface area contributed by atoms with Gasteiger partial charge in [-0.05, 0) is 31.0 Å². The third-order valence-electron chi connectivity index (χ3n) is 3.17. The van der Waals surface area contributed by atoms with Gasteiger partial charge in [0, 0.05) is 4.47 Å². The van der Waals surface area contributed by atoms with Crippen LogP contribution in [0.4, 0.5) is 4.79 Å². The molecular formula is C17H18BrNO2. The number of rotatable bonds is 4. The molecule has 21 heavy (non-hydrogen) atoms. The van der Waals surface area contributed by atoms with E-state index in [1.807, 2.05) is 68.4 Å². The first-order valence-corrected chi connectivity index (χ1v) is 7.52. The number of hydrogen-bond acceptors (Lipinski definition) is 2. The number of carbonyl (C=O) groups is 1. The Morgan fingerprint density at radius 3 is 2.38 bits per heavy atom. The van der Waals surface area contributed by atoms with E-state index < -0.39 is 11.6 Å². The summed E-state index contributed by atoms with van der Waals surface area (Å²) >= 11 is 3.51. The lowest BCUT2D eigenvalue weighted by Gasteiger charge is -2.27. The molecule has 3 nitrogen and oxygen atoms in total. The molecule has 2 rings (SSSR count). The molecule has 2 aromatic carbocycles. The minimum atomic E-state index is -0.520. The maximum atomic E-state index is 12.0. The summed E-state index contributed by atoms with van der Waals surface area (Å²) in [6, 6.07) is 17.4. The van der Waals surface area contributed by atoms with Gasteiger partial charge in [-0.15, -0.1) is 0 Å². The van der Waals surface area contributed by atoms with Crippen LogP contribution in [0.1, 0.15) is 25.0 Å². The molecule has 2 aromatic rings. The average molecular weight is 348 g/mol. The first kappa shape index (κ1) is 15.6. The lowest BCUT2D eigenvalue weighted by atomic mass is 9.95. The van der Waals surface area contributed by atoms with Gasteiger partial charge in [-0.3, -0.25) is 0 Å². The van der Waals surface area contributed by atoms with Crippen molar-refractivity contribution in [1.29, 1.82) is 0 Å². The standard InChI is InChI=1S/C17H18BrNO2/c1-17(2,14-10-6-7-11-15(14)18)19-16(20)21-12-13-8-4-3-5-9-13/h3-11H,12H2,1-2H3,(H,19,20). The number of amides is 1. The second-order valence-electron chi connectivity index (χ2n) is 5.29. The van der Waals surface area contributed by atoms with E-state index in [2.05, 4.69) is 21.2 Å². The van der Waals surface area contributed by atoms with Gasteiger partial charge in [-0.25, -0.2) is 4.79 Å². The number of halogens is 1. The van der Waals surface area contributed by atoms with Crippen molar-refractivity contribution in [3.05, 3.63) is 70.2 Å². The summed E-state index contributed by atoms with van der Waals surface area (Å²) in [6.07, 6.45) is -0.431. The summed E-state index contributed by atoms with van der Waals surface area (Å²) in [6.45, 7) is 4.15. The molecule has 0 radical (unpaired) electrons. The summed E-state index contributed by atoms with van der Waals surface area (Å²) in [5, 5.41) is 2.89. The molecule has 0 heterocycles. The predicted octanol–water partition coefficient (Wildman–Crippen LogP) is 4.61. The molecular weight excluding hydrogens is 330 g/mol. The minimum Gasteiger partial charge on any atom is -0.445 e. The zero-order valence-corrected chi connectivity index (χ0v) is 13.7. The van der Waals surface area contributed by atoms with Gasteiger partial charge in [0.25, 0.3) is 0 Å². The highest BCUT2D eigenvalue weighted by atomic mass is 79.9. The van der Waals surface area contributed by atoms with E-state index in [4.69, 9.17) is 4.74 Å². The van der Waals surface area contributed by atoms with Crippen LogP contribution in [0, 0.1) is 0 Å². The van der Waals surface area contributed by atoms with Crippen LogP contribution in [-0.4, -0.2) is 6.09 Å². The highest BCUT2D eigenvalue weighted by Gasteiger charge is 2.25. The van der Waals surface area contributed by atoms with Gasteiger partial charge in [0.05, 0.1) is 5.54 Å². The predicted molar refractivity (Wildman–Crippen MR) is 86.9 cm³/mol. The Labute approximate surface area is 133 Å². The Hall–Kier alpha value is -1.81. The highest BCUT2D eigenvalue weighted by Crippen LogP contribution is 2.27. The largest absolute Gasteiger partial charge is 0.445 e. The summed E-state index contributed by atoms with van der Waals surface area (Å²) in [7, 11) is 0. The Balaban J connectivity index is 1.97. The van der Waals surface area contributed by atoms with Crippen molar-refractivity contribution in [2.45, 2.75) is 26.0 Å². The topological polar surface area (TPSA) is 38.3 Å². The van der Waals surface area contributed by atoms with Gasteiger partial charge >= 0.3 is 6.09 Å². The molecule has 0 saturated carbocycles. The van der Waals surface area contributed by atoms with Gasteiger partial charge in [-0.2, -0.15) is 0 Å². The number of alkyl carbamates (subject to hydrolysis) is 1. The molecule has 0 saturated heterocycles. The smallest absolute Gasteiger partial charge is 0.408 e. The first-order valence-electron chi connectivity index (χ1n) is 6.73. The van der Waals surface area contributed by atoms with E-state index in [-0.39, 0.29) is 6.61 Å². The molecule has 110 valence electrons. The van der Waals surface area contributed by atoms with E-state index in [1.54, 1.807) is 0 Å². The van der Waals surface area contributed by atoms with Crippen molar-refractivity contribution < 1.29 is 9.53 Å². The van der Waals surface area contributed by atoms with Crippen LogP contribution in [0.15, 0.2) is 59.1 Å². The van der Waals surface area contributed by atoms with Crippen molar-refractivity contribution in [2.24, 2.45) is 0 Å². The quantitative estimate of drug-likeness (QED) is 0.876. The SMILES string of the molecule is CC(C)(NC(=O)OCc1ccccc1)c1ccccc1Br. The molecule has 0 aliphatic heterocycles. The molecule has 0 aliphatic rings. The third-order valence-corrected chi connectivity index (χ3v) is 3.87. The van der Waals surface area contributed by atoms with Crippen LogP contribution in [0.3, 0.4) is 0 Å². The maximum Gasteiger partial charge on any atom is 0.408 e. The first-order chi connectivity index (χ1) is 9.99. The Morgan fingerprint density at radius 1 is 1.10 bits per heavy atom. The number of carbonyl (C=O) groups excluding carboxylic acids is 1. The molecule has 0 unspecified atom stereocenters. The van der Waals surface area contributed by atoms with E-state index in [1.165, 1.54) is 0 Å². The number of hydrogen-bond donors (Lipinski definition) is 1. The van der Waals surface area contributed by atoms with Crippen LogP contribution >= 0.6 is 15.9 Å². The zero-order valence-electron chi connectivity index (χ0n) is 12.1. The maximum absolute atomic E-state index is 12.0. The van der Waals surface area contributed by atoms with Crippen LogP contribution in [0.2, 0.25) is 0 Å². The van der Waals surface area contributed by atoms with Crippen molar-refractivity contribution in [3.8, 4) is 0 Å². The molecule has 0 fully saturated rings. The van der Waals surface area contributed by atoms with E-state index in [0.29, 0.717) is 0 Å². The third kappa shape index (κ3) is 4.33. The van der Waals surface area contributed by atoms with Gasteiger partial charge in [0.15, 0.2) is 0 Å². The van der Waals surface area contributed by atoms with Crippen molar-refractivity contribution in [2.75, 3.05) is 0 Å². The van der Waals surface area contributed by atoms with Crippen LogP contribution in [-0.2, 0) is 16.9 Å². The molecule has 4 heteroatoms. The van der Waals surface area contributed by atoms with E-state index >= 15 is 0 Å². The fraction of sp³-hybridized carbons (Fsp3) is 0.235. The second-order valence-corrected chi connectivity index (χ2v) is 6.15. The zero-order chi connectivity index (χ0) is 15.3. The molecule has 0 aliphatic carbocycles. The highest BCUT2D eigenvalue weighted by molar-refractivity contribution is 9.10. The number of nitrogens with one attached hydrogen (secondary N) is 1. The van der Waals surface area contributed by atoms with Crippen LogP contribution in [0.25, 0.3) is 0 Å². The summed E-state index contributed by atoms with van der Waals surface area (Å²) in [5.41, 5.74) is 1.45. The molecule has 0 spiro atoms. The normalized spacial score (nSPS) is 11.0. The molecule has 1 N–H and O–H groups in total. The Bertz CT molecular complexity index is 611. The van der Waals surface area contributed by atoms with E-state index in [9.17, 15) is 4.79 Å². The van der Waals surface area contributed by atoms with Crippen molar-refractivity contribution in [1.82, 2.24) is 5.32 Å². The fourth-order valence-electron chi connectivity index (χ4n) is 2.05. The molecule has 0 bridgehead atoms. The Kier molecular flexibility index (Phi) is 5.02. The molecule has 1 amide bonds. The Morgan fingerprint density at radius 2 is 1.71 bits per heavy atom. The second kappa shape index (κ2) is 6.76. The fourth-order valence-corrected chi connectivity index (χ4v) is 2.83. The van der Waals surface area contributed by atoms with E-state index in [0.717, 1.165) is 15.6 Å². The average Bonchev–Trinajstić information content (AvgIpc) is 2.46. The number of benzene rings is 2. The minimum absolute atomic E-state index is 0.263. The number of ether oxygens (including phenoxy) is 1. The monoisotopic (exact) mass is 347 g/mol. The van der Waals surface area contributed by atoms with Gasteiger partial charge in [0.1, 0.15) is 6.61 Å². The van der Waals surface area contributed by atoms with Crippen molar-refractivity contribution >= 4 is 22.0 Å². The van der Waals surface area contributed by atoms with Gasteiger partial charge < -0.3 is 10.1 Å². The van der Waals surface area contributed by atoms with Crippen LogP contribution < -0.4 is 5.32 Å². The van der Waals surface area contributed by atoms with Gasteiger partial charge in [0.2, 0.25) is 0 Å². The van der Waals surface area contributed by atoms with Crippen molar-refractivity contribution in [3.63, 3.8) is 0 Å². The summed E-state index contributed by atoms with van der Waals surface area (Å²) in [4.78, 5) is 12.0. The lowest BCUT2D eigenvalue weighted by Crippen LogP contribution is -2.41. The molecule has 0 aromatic heterocycles. The molecule has 0 atom stereocenters. The summed E-state index contributed by atoms with van der Waals surface area (Å²) < 4.78 is 6.22. The van der Waals surface area contributed by atoms with Gasteiger partial charge in [-0.1, -0.05) is 64.5 Å². The summed E-state index contributed by atoms with van der Waals surface area (Å²) in [5.74, 6) is 0. The van der Waals surface area contributed by atoms with Crippen LogP contribution in [0.5, 0.6) is 0 Å². The lowest BCUT2D eigenvalue weighted by molar-refractivity contribution is 0.129.